The second-order valence-corrected chi connectivity index (χ2v) is 6.53. The van der Waals surface area contributed by atoms with Crippen LogP contribution in [0.15, 0.2) is 18.2 Å². The van der Waals surface area contributed by atoms with E-state index in [1.165, 1.54) is 6.07 Å². The topological polar surface area (TPSA) is 41.6 Å². The third-order valence-electron chi connectivity index (χ3n) is 3.43. The second kappa shape index (κ2) is 6.60. The monoisotopic (exact) mass is 312 g/mol. The summed E-state index contributed by atoms with van der Waals surface area (Å²) in [6.45, 7) is 7.74. The number of amides is 1. The number of hydrogen-bond acceptors (Lipinski definition) is 3. The van der Waals surface area contributed by atoms with Crippen LogP contribution in [0, 0.1) is 11.6 Å². The summed E-state index contributed by atoms with van der Waals surface area (Å²) in [5.41, 5.74) is -0.0870. The Kier molecular flexibility index (Phi) is 5.01. The highest BCUT2D eigenvalue weighted by molar-refractivity contribution is 5.68. The Bertz CT molecular complexity index is 539. The van der Waals surface area contributed by atoms with Gasteiger partial charge < -0.3 is 15.0 Å². The maximum Gasteiger partial charge on any atom is 0.408 e. The zero-order valence-corrected chi connectivity index (χ0v) is 13.2. The summed E-state index contributed by atoms with van der Waals surface area (Å²) < 4.78 is 31.8. The van der Waals surface area contributed by atoms with E-state index in [4.69, 9.17) is 4.74 Å². The smallest absolute Gasteiger partial charge is 0.408 e. The van der Waals surface area contributed by atoms with Gasteiger partial charge in [0.05, 0.1) is 6.04 Å². The summed E-state index contributed by atoms with van der Waals surface area (Å²) in [7, 11) is 0. The lowest BCUT2D eigenvalue weighted by Gasteiger charge is -2.34. The minimum Gasteiger partial charge on any atom is -0.444 e. The number of ether oxygens (including phenoxy) is 1. The van der Waals surface area contributed by atoms with Crippen LogP contribution in [0.3, 0.4) is 0 Å². The Morgan fingerprint density at radius 1 is 1.32 bits per heavy atom. The highest BCUT2D eigenvalue weighted by Crippen LogP contribution is 2.21. The van der Waals surface area contributed by atoms with Gasteiger partial charge in [-0.25, -0.2) is 13.6 Å². The van der Waals surface area contributed by atoms with Gasteiger partial charge >= 0.3 is 6.09 Å². The highest BCUT2D eigenvalue weighted by atomic mass is 19.2. The van der Waals surface area contributed by atoms with Crippen molar-refractivity contribution >= 4 is 6.09 Å². The fraction of sp³-hybridized carbons (Fsp3) is 0.562. The molecule has 22 heavy (non-hydrogen) atoms. The van der Waals surface area contributed by atoms with Crippen molar-refractivity contribution in [3.63, 3.8) is 0 Å². The van der Waals surface area contributed by atoms with Crippen LogP contribution in [0.1, 0.15) is 38.8 Å². The van der Waals surface area contributed by atoms with E-state index in [9.17, 15) is 13.6 Å². The lowest BCUT2D eigenvalue weighted by Crippen LogP contribution is -2.45. The Balaban J connectivity index is 2.11. The molecule has 1 fully saturated rings. The van der Waals surface area contributed by atoms with Crippen molar-refractivity contribution in [2.45, 2.75) is 38.8 Å². The summed E-state index contributed by atoms with van der Waals surface area (Å²) in [4.78, 5) is 14.1. The minimum absolute atomic E-state index is 0.440. The third-order valence-corrected chi connectivity index (χ3v) is 3.43. The van der Waals surface area contributed by atoms with Gasteiger partial charge in [-0.3, -0.25) is 0 Å². The van der Waals surface area contributed by atoms with E-state index >= 15 is 0 Å². The molecule has 0 radical (unpaired) electrons. The van der Waals surface area contributed by atoms with Crippen molar-refractivity contribution < 1.29 is 18.3 Å². The molecule has 1 aliphatic heterocycles. The lowest BCUT2D eigenvalue weighted by molar-refractivity contribution is 0.0479. The lowest BCUT2D eigenvalue weighted by atomic mass is 10.0. The molecule has 0 aliphatic carbocycles. The third kappa shape index (κ3) is 4.66. The van der Waals surface area contributed by atoms with Gasteiger partial charge in [0, 0.05) is 6.54 Å². The SMILES string of the molecule is CC(C)(C)OC(=O)N[C@H](CN1CCC1)c1ccc(F)c(F)c1. The fourth-order valence-electron chi connectivity index (χ4n) is 2.24. The van der Waals surface area contributed by atoms with Crippen LogP contribution in [0.25, 0.3) is 0 Å². The van der Waals surface area contributed by atoms with Gasteiger partial charge in [-0.2, -0.15) is 0 Å². The number of nitrogens with one attached hydrogen (secondary N) is 1. The van der Waals surface area contributed by atoms with Crippen LogP contribution in [0.4, 0.5) is 13.6 Å². The first-order valence-corrected chi connectivity index (χ1v) is 7.41. The molecule has 6 heteroatoms. The fourth-order valence-corrected chi connectivity index (χ4v) is 2.24. The van der Waals surface area contributed by atoms with Gasteiger partial charge in [-0.15, -0.1) is 0 Å². The molecule has 0 bridgehead atoms. The van der Waals surface area contributed by atoms with Crippen LogP contribution in [0.2, 0.25) is 0 Å². The normalized spacial score (nSPS) is 16.8. The van der Waals surface area contributed by atoms with Gasteiger partial charge in [0.1, 0.15) is 5.60 Å². The zero-order valence-electron chi connectivity index (χ0n) is 13.2. The Hall–Kier alpha value is -1.69. The van der Waals surface area contributed by atoms with Gasteiger partial charge in [0.25, 0.3) is 0 Å². The molecule has 1 aliphatic rings. The number of rotatable bonds is 4. The molecule has 0 unspecified atom stereocenters. The van der Waals surface area contributed by atoms with Crippen molar-refractivity contribution in [3.05, 3.63) is 35.4 Å². The number of alkyl carbamates (subject to hydrolysis) is 1. The number of likely N-dealkylation sites (tertiary alicyclic amines) is 1. The molecule has 1 saturated heterocycles. The van der Waals surface area contributed by atoms with Gasteiger partial charge in [0.2, 0.25) is 0 Å². The molecule has 0 aromatic heterocycles. The van der Waals surface area contributed by atoms with E-state index in [0.717, 1.165) is 31.6 Å². The van der Waals surface area contributed by atoms with Gasteiger partial charge in [0.15, 0.2) is 11.6 Å². The predicted molar refractivity (Wildman–Crippen MR) is 79.5 cm³/mol. The summed E-state index contributed by atoms with van der Waals surface area (Å²) in [6, 6.07) is 3.24. The maximum absolute atomic E-state index is 13.4. The standard InChI is InChI=1S/C16H22F2N2O2/c1-16(2,3)22-15(21)19-14(10-20-7-4-8-20)11-5-6-12(17)13(18)9-11/h5-6,9,14H,4,7-8,10H2,1-3H3,(H,19,21)/t14-/m1/s1. The molecule has 1 N–H and O–H groups in total. The molecule has 1 aromatic carbocycles. The van der Waals surface area contributed by atoms with Crippen molar-refractivity contribution in [3.8, 4) is 0 Å². The zero-order chi connectivity index (χ0) is 16.3. The second-order valence-electron chi connectivity index (χ2n) is 6.53. The molecule has 0 saturated carbocycles. The van der Waals surface area contributed by atoms with E-state index in [1.54, 1.807) is 20.8 Å². The molecule has 1 aromatic rings. The number of hydrogen-bond donors (Lipinski definition) is 1. The van der Waals surface area contributed by atoms with Crippen LogP contribution < -0.4 is 5.32 Å². The Morgan fingerprint density at radius 2 is 2.00 bits per heavy atom. The Labute approximate surface area is 129 Å². The molecule has 122 valence electrons. The molecular formula is C16H22F2N2O2. The van der Waals surface area contributed by atoms with Crippen molar-refractivity contribution in [1.82, 2.24) is 10.2 Å². The van der Waals surface area contributed by atoms with E-state index in [0.29, 0.717) is 12.1 Å². The molecule has 2 rings (SSSR count). The molecule has 1 amide bonds. The number of halogens is 2. The van der Waals surface area contributed by atoms with Crippen molar-refractivity contribution in [2.24, 2.45) is 0 Å². The van der Waals surface area contributed by atoms with E-state index in [2.05, 4.69) is 10.2 Å². The largest absolute Gasteiger partial charge is 0.444 e. The summed E-state index contributed by atoms with van der Waals surface area (Å²) in [6.07, 6.45) is 0.541. The molecular weight excluding hydrogens is 290 g/mol. The minimum atomic E-state index is -0.919. The van der Waals surface area contributed by atoms with Crippen LogP contribution >= 0.6 is 0 Å². The molecule has 1 heterocycles. The van der Waals surface area contributed by atoms with Crippen LogP contribution in [0.5, 0.6) is 0 Å². The van der Waals surface area contributed by atoms with Crippen molar-refractivity contribution in [2.75, 3.05) is 19.6 Å². The molecule has 0 spiro atoms. The van der Waals surface area contributed by atoms with Crippen LogP contribution in [-0.4, -0.2) is 36.2 Å². The quantitative estimate of drug-likeness (QED) is 0.928. The molecule has 4 nitrogen and oxygen atoms in total. The maximum atomic E-state index is 13.4. The summed E-state index contributed by atoms with van der Waals surface area (Å²) in [5.74, 6) is -1.82. The first-order valence-electron chi connectivity index (χ1n) is 7.41. The first kappa shape index (κ1) is 16.7. The van der Waals surface area contributed by atoms with Gasteiger partial charge in [-0.1, -0.05) is 6.07 Å². The number of carbonyl (C=O) groups excluding carboxylic acids is 1. The van der Waals surface area contributed by atoms with E-state index in [-0.39, 0.29) is 0 Å². The van der Waals surface area contributed by atoms with E-state index in [1.807, 2.05) is 0 Å². The summed E-state index contributed by atoms with van der Waals surface area (Å²) in [5, 5.41) is 2.74. The van der Waals surface area contributed by atoms with Crippen molar-refractivity contribution in [1.29, 1.82) is 0 Å². The predicted octanol–water partition coefficient (Wildman–Crippen LogP) is 3.24. The number of carbonyl (C=O) groups is 1. The summed E-state index contributed by atoms with van der Waals surface area (Å²) >= 11 is 0. The Morgan fingerprint density at radius 3 is 2.50 bits per heavy atom. The highest BCUT2D eigenvalue weighted by Gasteiger charge is 2.25. The average Bonchev–Trinajstić information content (AvgIpc) is 2.33. The first-order chi connectivity index (χ1) is 10.2. The molecule has 1 atom stereocenters. The van der Waals surface area contributed by atoms with Crippen LogP contribution in [-0.2, 0) is 4.74 Å². The number of benzene rings is 1. The average molecular weight is 312 g/mol. The number of nitrogens with zero attached hydrogens (tertiary/aromatic N) is 1. The van der Waals surface area contributed by atoms with E-state index < -0.39 is 29.4 Å². The van der Waals surface area contributed by atoms with Gasteiger partial charge in [-0.05, 0) is 58.0 Å².